The van der Waals surface area contributed by atoms with Crippen molar-refractivity contribution in [3.8, 4) is 0 Å². The molecule has 0 bridgehead atoms. The number of carbonyl (C=O) groups excluding carboxylic acids is 1. The zero-order valence-electron chi connectivity index (χ0n) is 17.4. The molecule has 0 saturated heterocycles. The minimum atomic E-state index is -3.47. The van der Waals surface area contributed by atoms with Crippen LogP contribution in [0.1, 0.15) is 66.7 Å². The number of rotatable bonds is 7. The van der Waals surface area contributed by atoms with Crippen molar-refractivity contribution in [2.45, 2.75) is 57.4 Å². The fourth-order valence-electron chi connectivity index (χ4n) is 3.88. The monoisotopic (exact) mass is 414 g/mol. The molecule has 1 aliphatic rings. The lowest BCUT2D eigenvalue weighted by Crippen LogP contribution is -2.30. The Kier molecular flexibility index (Phi) is 6.75. The van der Waals surface area contributed by atoms with Gasteiger partial charge >= 0.3 is 0 Å². The van der Waals surface area contributed by atoms with E-state index in [1.807, 2.05) is 32.9 Å². The highest BCUT2D eigenvalue weighted by Crippen LogP contribution is 2.23. The number of hydrogen-bond donors (Lipinski definition) is 1. The van der Waals surface area contributed by atoms with E-state index in [2.05, 4.69) is 11.4 Å². The summed E-state index contributed by atoms with van der Waals surface area (Å²) >= 11 is 0. The van der Waals surface area contributed by atoms with Gasteiger partial charge in [-0.1, -0.05) is 32.0 Å². The second-order valence-corrected chi connectivity index (χ2v) is 9.48. The molecule has 0 unspecified atom stereocenters. The average molecular weight is 415 g/mol. The summed E-state index contributed by atoms with van der Waals surface area (Å²) in [5, 5.41) is 3.02. The first kappa shape index (κ1) is 21.5. The Balaban J connectivity index is 1.71. The van der Waals surface area contributed by atoms with Gasteiger partial charge in [-0.3, -0.25) is 4.79 Å². The molecular weight excluding hydrogens is 384 g/mol. The van der Waals surface area contributed by atoms with Crippen LogP contribution in [0, 0.1) is 0 Å². The number of nitrogens with one attached hydrogen (secondary N) is 1. The molecule has 0 saturated carbocycles. The van der Waals surface area contributed by atoms with E-state index >= 15 is 0 Å². The van der Waals surface area contributed by atoms with Crippen molar-refractivity contribution in [3.63, 3.8) is 0 Å². The Morgan fingerprint density at radius 2 is 1.62 bits per heavy atom. The van der Waals surface area contributed by atoms with Crippen molar-refractivity contribution in [2.75, 3.05) is 13.1 Å². The Bertz CT molecular complexity index is 964. The number of aryl methyl sites for hydroxylation is 2. The van der Waals surface area contributed by atoms with Crippen LogP contribution in [0.15, 0.2) is 47.4 Å². The number of amides is 1. The van der Waals surface area contributed by atoms with Crippen LogP contribution in [0.3, 0.4) is 0 Å². The van der Waals surface area contributed by atoms with E-state index in [1.165, 1.54) is 28.3 Å². The van der Waals surface area contributed by atoms with Crippen molar-refractivity contribution in [1.29, 1.82) is 0 Å². The number of benzene rings is 2. The summed E-state index contributed by atoms with van der Waals surface area (Å²) in [6.45, 7) is 6.44. The van der Waals surface area contributed by atoms with Crippen LogP contribution in [0.4, 0.5) is 0 Å². The van der Waals surface area contributed by atoms with Crippen LogP contribution in [0.5, 0.6) is 0 Å². The molecule has 2 aromatic carbocycles. The number of nitrogens with zero attached hydrogens (tertiary/aromatic N) is 1. The molecule has 156 valence electrons. The van der Waals surface area contributed by atoms with E-state index in [1.54, 1.807) is 24.3 Å². The van der Waals surface area contributed by atoms with Crippen molar-refractivity contribution in [3.05, 3.63) is 64.7 Å². The molecule has 5 nitrogen and oxygen atoms in total. The predicted octanol–water partition coefficient (Wildman–Crippen LogP) is 4.09. The number of hydrogen-bond acceptors (Lipinski definition) is 3. The Hall–Kier alpha value is -2.18. The van der Waals surface area contributed by atoms with Gasteiger partial charge in [0.05, 0.1) is 10.9 Å². The van der Waals surface area contributed by atoms with Gasteiger partial charge in [-0.15, -0.1) is 0 Å². The highest BCUT2D eigenvalue weighted by atomic mass is 32.2. The molecule has 0 aliphatic heterocycles. The minimum Gasteiger partial charge on any atom is -0.346 e. The maximum absolute atomic E-state index is 12.7. The summed E-state index contributed by atoms with van der Waals surface area (Å²) in [6.07, 6.45) is 4.53. The summed E-state index contributed by atoms with van der Waals surface area (Å²) in [6, 6.07) is 12.5. The topological polar surface area (TPSA) is 66.5 Å². The van der Waals surface area contributed by atoms with Gasteiger partial charge in [0.15, 0.2) is 0 Å². The average Bonchev–Trinajstić information content (AvgIpc) is 2.74. The molecule has 3 rings (SSSR count). The van der Waals surface area contributed by atoms with Gasteiger partial charge in [-0.2, -0.15) is 4.31 Å². The minimum absolute atomic E-state index is 0.106. The first-order valence-electron chi connectivity index (χ1n) is 10.4. The van der Waals surface area contributed by atoms with Crippen LogP contribution in [-0.4, -0.2) is 31.7 Å². The Morgan fingerprint density at radius 1 is 1.00 bits per heavy atom. The first-order chi connectivity index (χ1) is 13.9. The molecule has 0 heterocycles. The van der Waals surface area contributed by atoms with Crippen LogP contribution in [-0.2, 0) is 22.9 Å². The maximum atomic E-state index is 12.7. The third-order valence-corrected chi connectivity index (χ3v) is 7.75. The third kappa shape index (κ3) is 4.70. The Labute approximate surface area is 174 Å². The van der Waals surface area contributed by atoms with Gasteiger partial charge in [-0.05, 0) is 73.6 Å². The largest absolute Gasteiger partial charge is 0.346 e. The van der Waals surface area contributed by atoms with Gasteiger partial charge in [-0.25, -0.2) is 8.42 Å². The lowest BCUT2D eigenvalue weighted by Gasteiger charge is -2.20. The predicted molar refractivity (Wildman–Crippen MR) is 116 cm³/mol. The smallest absolute Gasteiger partial charge is 0.251 e. The normalized spacial score (nSPS) is 15.0. The molecule has 6 heteroatoms. The zero-order valence-corrected chi connectivity index (χ0v) is 18.3. The van der Waals surface area contributed by atoms with Gasteiger partial charge in [0.1, 0.15) is 0 Å². The van der Waals surface area contributed by atoms with Gasteiger partial charge in [0.25, 0.3) is 5.91 Å². The molecule has 0 radical (unpaired) electrons. The molecule has 1 N–H and O–H groups in total. The van der Waals surface area contributed by atoms with Crippen molar-refractivity contribution >= 4 is 15.9 Å². The van der Waals surface area contributed by atoms with Crippen molar-refractivity contribution in [1.82, 2.24) is 9.62 Å². The van der Waals surface area contributed by atoms with Crippen LogP contribution in [0.2, 0.25) is 0 Å². The quantitative estimate of drug-likeness (QED) is 0.742. The summed E-state index contributed by atoms with van der Waals surface area (Å²) in [7, 11) is -3.47. The summed E-state index contributed by atoms with van der Waals surface area (Å²) in [5.41, 5.74) is 4.18. The molecular formula is C23H30N2O3S. The van der Waals surface area contributed by atoms with E-state index in [0.29, 0.717) is 18.7 Å². The van der Waals surface area contributed by atoms with E-state index in [9.17, 15) is 13.2 Å². The summed E-state index contributed by atoms with van der Waals surface area (Å²) in [5.74, 6) is -0.106. The van der Waals surface area contributed by atoms with E-state index in [0.717, 1.165) is 18.4 Å². The fraction of sp³-hybridized carbons (Fsp3) is 0.435. The summed E-state index contributed by atoms with van der Waals surface area (Å²) < 4.78 is 26.7. The second kappa shape index (κ2) is 9.09. The third-order valence-electron chi connectivity index (χ3n) is 5.68. The highest BCUT2D eigenvalue weighted by Gasteiger charge is 2.22. The number of sulfonamides is 1. The van der Waals surface area contributed by atoms with Gasteiger partial charge in [0, 0.05) is 18.7 Å². The SMILES string of the molecule is CCN(CC)S(=O)(=O)c1ccc([C@@H](C)NC(=O)c2ccc3c(c2)CCCC3)cc1. The maximum Gasteiger partial charge on any atom is 0.251 e. The number of fused-ring (bicyclic) bond motifs is 1. The molecule has 1 amide bonds. The van der Waals surface area contributed by atoms with Crippen molar-refractivity contribution < 1.29 is 13.2 Å². The first-order valence-corrected chi connectivity index (χ1v) is 11.8. The molecule has 2 aromatic rings. The van der Waals surface area contributed by atoms with Crippen LogP contribution in [0.25, 0.3) is 0 Å². The highest BCUT2D eigenvalue weighted by molar-refractivity contribution is 7.89. The zero-order chi connectivity index (χ0) is 21.0. The van der Waals surface area contributed by atoms with Crippen LogP contribution >= 0.6 is 0 Å². The fourth-order valence-corrected chi connectivity index (χ4v) is 5.34. The standard InChI is InChI=1S/C23H30N2O3S/c1-4-25(5-2)29(27,28)22-14-12-18(13-15-22)17(3)24-23(26)21-11-10-19-8-6-7-9-20(19)16-21/h10-17H,4-9H2,1-3H3,(H,24,26)/t17-/m1/s1. The second-order valence-electron chi connectivity index (χ2n) is 7.54. The molecule has 0 aromatic heterocycles. The van der Waals surface area contributed by atoms with Gasteiger partial charge < -0.3 is 5.32 Å². The van der Waals surface area contributed by atoms with E-state index < -0.39 is 10.0 Å². The molecule has 1 aliphatic carbocycles. The Morgan fingerprint density at radius 3 is 2.24 bits per heavy atom. The molecule has 0 spiro atoms. The van der Waals surface area contributed by atoms with Gasteiger partial charge in [0.2, 0.25) is 10.0 Å². The van der Waals surface area contributed by atoms with Crippen molar-refractivity contribution in [2.24, 2.45) is 0 Å². The lowest BCUT2D eigenvalue weighted by molar-refractivity contribution is 0.0939. The molecule has 0 fully saturated rings. The number of carbonyl (C=O) groups is 1. The van der Waals surface area contributed by atoms with Crippen LogP contribution < -0.4 is 5.32 Å². The molecule has 1 atom stereocenters. The molecule has 29 heavy (non-hydrogen) atoms. The lowest BCUT2D eigenvalue weighted by atomic mass is 9.90. The van der Waals surface area contributed by atoms with E-state index in [-0.39, 0.29) is 16.8 Å². The van der Waals surface area contributed by atoms with E-state index in [4.69, 9.17) is 0 Å². The summed E-state index contributed by atoms with van der Waals surface area (Å²) in [4.78, 5) is 13.0.